The number of benzene rings is 1. The Hall–Kier alpha value is -2.93. The highest BCUT2D eigenvalue weighted by Gasteiger charge is 2.31. The van der Waals surface area contributed by atoms with Crippen LogP contribution in [0.5, 0.6) is 5.75 Å². The number of carbonyl (C=O) groups is 2. The van der Waals surface area contributed by atoms with Crippen molar-refractivity contribution in [2.45, 2.75) is 31.4 Å². The van der Waals surface area contributed by atoms with Gasteiger partial charge in [0, 0.05) is 31.9 Å². The number of amides is 2. The number of pyridine rings is 1. The number of nitrogens with one attached hydrogen (secondary N) is 1. The lowest BCUT2D eigenvalue weighted by atomic mass is 10.0. The van der Waals surface area contributed by atoms with E-state index in [9.17, 15) is 19.8 Å². The summed E-state index contributed by atoms with van der Waals surface area (Å²) in [7, 11) is 0. The van der Waals surface area contributed by atoms with E-state index in [2.05, 4.69) is 10.3 Å². The molecule has 2 aromatic rings. The van der Waals surface area contributed by atoms with Gasteiger partial charge in [-0.3, -0.25) is 14.6 Å². The van der Waals surface area contributed by atoms with Crippen LogP contribution < -0.4 is 5.32 Å². The number of hydrogen-bond acceptors (Lipinski definition) is 5. The molecule has 3 N–H and O–H groups in total. The standard InChI is InChI=1S/C20H23N3O4/c24-16-6-3-14(4-7-16)5-8-19(26)23-11-9-17(18(25)13-23)22-20(27)15-2-1-10-21-12-15/h1-4,6-7,10,12,17-18,24-25H,5,8-9,11,13H2,(H,22,27)/t17-,18-/m1/s1. The number of phenolic OH excluding ortho intramolecular Hbond substituents is 1. The first-order valence-electron chi connectivity index (χ1n) is 8.97. The fraction of sp³-hybridized carbons (Fsp3) is 0.350. The molecule has 0 saturated carbocycles. The van der Waals surface area contributed by atoms with Gasteiger partial charge in [0.25, 0.3) is 5.91 Å². The zero-order chi connectivity index (χ0) is 19.2. The van der Waals surface area contributed by atoms with Gasteiger partial charge in [0.05, 0.1) is 17.7 Å². The molecular weight excluding hydrogens is 346 g/mol. The second-order valence-electron chi connectivity index (χ2n) is 6.68. The maximum atomic E-state index is 12.4. The molecule has 142 valence electrons. The van der Waals surface area contributed by atoms with Crippen LogP contribution in [0.1, 0.15) is 28.8 Å². The monoisotopic (exact) mass is 369 g/mol. The van der Waals surface area contributed by atoms with Gasteiger partial charge in [-0.05, 0) is 42.7 Å². The van der Waals surface area contributed by atoms with Crippen molar-refractivity contribution in [2.75, 3.05) is 13.1 Å². The van der Waals surface area contributed by atoms with E-state index in [4.69, 9.17) is 0 Å². The molecule has 1 aromatic carbocycles. The summed E-state index contributed by atoms with van der Waals surface area (Å²) in [5.74, 6) is -0.109. The van der Waals surface area contributed by atoms with Crippen LogP contribution in [-0.2, 0) is 11.2 Å². The number of piperidine rings is 1. The molecule has 1 aliphatic heterocycles. The fourth-order valence-corrected chi connectivity index (χ4v) is 3.15. The number of β-amino-alcohol motifs (C(OH)–C–C–N with tert-alkyl or cyclic N) is 1. The van der Waals surface area contributed by atoms with Crippen LogP contribution in [0.3, 0.4) is 0 Å². The number of aryl methyl sites for hydroxylation is 1. The van der Waals surface area contributed by atoms with Gasteiger partial charge in [0.1, 0.15) is 5.75 Å². The number of hydrogen-bond donors (Lipinski definition) is 3. The molecule has 3 rings (SSSR count). The van der Waals surface area contributed by atoms with E-state index in [1.54, 1.807) is 47.5 Å². The first-order chi connectivity index (χ1) is 13.0. The van der Waals surface area contributed by atoms with Crippen LogP contribution in [0.25, 0.3) is 0 Å². The zero-order valence-corrected chi connectivity index (χ0v) is 14.9. The van der Waals surface area contributed by atoms with Gasteiger partial charge in [-0.1, -0.05) is 12.1 Å². The Labute approximate surface area is 157 Å². The maximum absolute atomic E-state index is 12.4. The van der Waals surface area contributed by atoms with Crippen molar-refractivity contribution < 1.29 is 19.8 Å². The summed E-state index contributed by atoms with van der Waals surface area (Å²) in [6, 6.07) is 9.73. The first kappa shape index (κ1) is 18.8. The normalized spacial score (nSPS) is 19.5. The van der Waals surface area contributed by atoms with Crippen LogP contribution in [-0.4, -0.2) is 57.1 Å². The molecule has 0 unspecified atom stereocenters. The molecule has 2 amide bonds. The summed E-state index contributed by atoms with van der Waals surface area (Å²) < 4.78 is 0. The lowest BCUT2D eigenvalue weighted by Crippen LogP contribution is -2.55. The highest BCUT2D eigenvalue weighted by molar-refractivity contribution is 5.94. The zero-order valence-electron chi connectivity index (χ0n) is 14.9. The maximum Gasteiger partial charge on any atom is 0.253 e. The summed E-state index contributed by atoms with van der Waals surface area (Å²) in [6.07, 6.45) is 3.67. The Bertz CT molecular complexity index is 780. The number of aromatic hydroxyl groups is 1. The minimum Gasteiger partial charge on any atom is -0.508 e. The Balaban J connectivity index is 1.48. The van der Waals surface area contributed by atoms with Crippen LogP contribution in [0.15, 0.2) is 48.8 Å². The van der Waals surface area contributed by atoms with Crippen molar-refractivity contribution in [2.24, 2.45) is 0 Å². The molecule has 1 fully saturated rings. The molecule has 7 heteroatoms. The topological polar surface area (TPSA) is 103 Å². The summed E-state index contributed by atoms with van der Waals surface area (Å²) in [5.41, 5.74) is 1.41. The molecule has 27 heavy (non-hydrogen) atoms. The number of aromatic nitrogens is 1. The van der Waals surface area contributed by atoms with Crippen molar-refractivity contribution in [3.8, 4) is 5.75 Å². The van der Waals surface area contributed by atoms with E-state index < -0.39 is 6.10 Å². The van der Waals surface area contributed by atoms with Gasteiger partial charge < -0.3 is 20.4 Å². The van der Waals surface area contributed by atoms with Gasteiger partial charge in [-0.25, -0.2) is 0 Å². The Morgan fingerprint density at radius 2 is 2.00 bits per heavy atom. The molecular formula is C20H23N3O4. The van der Waals surface area contributed by atoms with Crippen LogP contribution >= 0.6 is 0 Å². The van der Waals surface area contributed by atoms with E-state index in [0.29, 0.717) is 31.4 Å². The third kappa shape index (κ3) is 5.04. The summed E-state index contributed by atoms with van der Waals surface area (Å²) in [5, 5.41) is 22.5. The number of phenols is 1. The van der Waals surface area contributed by atoms with E-state index in [0.717, 1.165) is 5.56 Å². The van der Waals surface area contributed by atoms with Gasteiger partial charge in [0.2, 0.25) is 5.91 Å². The Morgan fingerprint density at radius 1 is 1.22 bits per heavy atom. The quantitative estimate of drug-likeness (QED) is 0.733. The lowest BCUT2D eigenvalue weighted by molar-refractivity contribution is -0.134. The van der Waals surface area contributed by atoms with Gasteiger partial charge >= 0.3 is 0 Å². The van der Waals surface area contributed by atoms with E-state index in [1.807, 2.05) is 0 Å². The van der Waals surface area contributed by atoms with Gasteiger partial charge in [-0.2, -0.15) is 0 Å². The average Bonchev–Trinajstić information content (AvgIpc) is 2.69. The third-order valence-electron chi connectivity index (χ3n) is 4.74. The summed E-state index contributed by atoms with van der Waals surface area (Å²) in [6.45, 7) is 0.690. The number of rotatable bonds is 5. The molecule has 0 bridgehead atoms. The van der Waals surface area contributed by atoms with Crippen molar-refractivity contribution >= 4 is 11.8 Å². The number of carbonyl (C=O) groups excluding carboxylic acids is 2. The molecule has 1 aromatic heterocycles. The van der Waals surface area contributed by atoms with Gasteiger partial charge in [0.15, 0.2) is 0 Å². The predicted molar refractivity (Wildman–Crippen MR) is 99.1 cm³/mol. The van der Waals surface area contributed by atoms with Crippen LogP contribution in [0, 0.1) is 0 Å². The molecule has 2 heterocycles. The molecule has 0 aliphatic carbocycles. The molecule has 0 spiro atoms. The highest BCUT2D eigenvalue weighted by atomic mass is 16.3. The Morgan fingerprint density at radius 3 is 2.67 bits per heavy atom. The minimum absolute atomic E-state index is 0.0286. The van der Waals surface area contributed by atoms with Crippen molar-refractivity contribution in [3.05, 3.63) is 59.9 Å². The fourth-order valence-electron chi connectivity index (χ4n) is 3.15. The second-order valence-corrected chi connectivity index (χ2v) is 6.68. The van der Waals surface area contributed by atoms with E-state index in [-0.39, 0.29) is 30.2 Å². The van der Waals surface area contributed by atoms with Crippen LogP contribution in [0.2, 0.25) is 0 Å². The average molecular weight is 369 g/mol. The SMILES string of the molecule is O=C(N[C@@H]1CCN(C(=O)CCc2ccc(O)cc2)C[C@H]1O)c1cccnc1. The van der Waals surface area contributed by atoms with Crippen molar-refractivity contribution in [1.82, 2.24) is 15.2 Å². The summed E-state index contributed by atoms with van der Waals surface area (Å²) in [4.78, 5) is 30.2. The Kier molecular flexibility index (Phi) is 6.03. The van der Waals surface area contributed by atoms with E-state index >= 15 is 0 Å². The van der Waals surface area contributed by atoms with Gasteiger partial charge in [-0.15, -0.1) is 0 Å². The third-order valence-corrected chi connectivity index (χ3v) is 4.74. The molecule has 2 atom stereocenters. The summed E-state index contributed by atoms with van der Waals surface area (Å²) >= 11 is 0. The number of likely N-dealkylation sites (tertiary alicyclic amines) is 1. The highest BCUT2D eigenvalue weighted by Crippen LogP contribution is 2.15. The van der Waals surface area contributed by atoms with Crippen LogP contribution in [0.4, 0.5) is 0 Å². The van der Waals surface area contributed by atoms with E-state index in [1.165, 1.54) is 6.20 Å². The molecule has 1 aliphatic rings. The smallest absolute Gasteiger partial charge is 0.253 e. The minimum atomic E-state index is -0.808. The number of aliphatic hydroxyl groups excluding tert-OH is 1. The molecule has 0 radical (unpaired) electrons. The number of aliphatic hydroxyl groups is 1. The van der Waals surface area contributed by atoms with Crippen molar-refractivity contribution in [3.63, 3.8) is 0 Å². The second kappa shape index (κ2) is 8.64. The lowest BCUT2D eigenvalue weighted by Gasteiger charge is -2.36. The number of nitrogens with zero attached hydrogens (tertiary/aromatic N) is 2. The first-order valence-corrected chi connectivity index (χ1v) is 8.97. The molecule has 1 saturated heterocycles. The predicted octanol–water partition coefficient (Wildman–Crippen LogP) is 1.11. The molecule has 7 nitrogen and oxygen atoms in total. The largest absolute Gasteiger partial charge is 0.508 e. The van der Waals surface area contributed by atoms with Crippen molar-refractivity contribution in [1.29, 1.82) is 0 Å².